The van der Waals surface area contributed by atoms with Crippen molar-refractivity contribution in [2.24, 2.45) is 0 Å². The molecule has 0 aromatic carbocycles. The molecule has 0 unspecified atom stereocenters. The lowest BCUT2D eigenvalue weighted by molar-refractivity contribution is -0.142. The van der Waals surface area contributed by atoms with Crippen molar-refractivity contribution in [3.05, 3.63) is 0 Å². The molecule has 0 amide bonds. The van der Waals surface area contributed by atoms with Crippen molar-refractivity contribution in [3.63, 3.8) is 0 Å². The van der Waals surface area contributed by atoms with Crippen LogP contribution in [0.2, 0.25) is 12.1 Å². The van der Waals surface area contributed by atoms with Crippen LogP contribution in [0.4, 0.5) is 0 Å². The summed E-state index contributed by atoms with van der Waals surface area (Å²) in [5.41, 5.74) is 0. The lowest BCUT2D eigenvalue weighted by Gasteiger charge is -2.29. The second kappa shape index (κ2) is 28.7. The molecule has 0 aliphatic heterocycles. The van der Waals surface area contributed by atoms with Gasteiger partial charge in [-0.1, -0.05) is 169 Å². The van der Waals surface area contributed by atoms with Gasteiger partial charge in [0, 0.05) is 24.9 Å². The van der Waals surface area contributed by atoms with E-state index >= 15 is 0 Å². The molecule has 0 N–H and O–H groups in total. The smallest absolute Gasteiger partial charge is 0.464 e. The van der Waals surface area contributed by atoms with Gasteiger partial charge in [-0.25, -0.2) is 0 Å². The largest absolute Gasteiger partial charge is 0.485 e. The number of unbranched alkanes of at least 4 members (excludes halogenated alkanes) is 20. The molecule has 0 heterocycles. The zero-order valence-electron chi connectivity index (χ0n) is 26.9. The van der Waals surface area contributed by atoms with Gasteiger partial charge >= 0.3 is 8.56 Å². The maximum atomic E-state index is 12.7. The normalized spacial score (nSPS) is 11.6. The highest BCUT2D eigenvalue weighted by molar-refractivity contribution is 6.70. The molecule has 0 bridgehead atoms. The van der Waals surface area contributed by atoms with E-state index in [1.807, 2.05) is 0 Å². The molecule has 4 nitrogen and oxygen atoms in total. The molecule has 0 saturated carbocycles. The summed E-state index contributed by atoms with van der Waals surface area (Å²) < 4.78 is 12.1. The van der Waals surface area contributed by atoms with Crippen molar-refractivity contribution in [3.8, 4) is 0 Å². The van der Waals surface area contributed by atoms with Crippen molar-refractivity contribution in [1.29, 1.82) is 0 Å². The van der Waals surface area contributed by atoms with E-state index in [1.165, 1.54) is 116 Å². The molecule has 0 spiro atoms. The van der Waals surface area contributed by atoms with E-state index in [2.05, 4.69) is 27.7 Å². The molecular formula is C34H68O4Si. The zero-order valence-corrected chi connectivity index (χ0v) is 27.9. The van der Waals surface area contributed by atoms with Crippen LogP contribution >= 0.6 is 0 Å². The third kappa shape index (κ3) is 24.7. The Labute approximate surface area is 245 Å². The van der Waals surface area contributed by atoms with Crippen LogP contribution in [-0.4, -0.2) is 20.5 Å². The number of carbonyl (C=O) groups is 2. The highest BCUT2D eigenvalue weighted by Crippen LogP contribution is 2.25. The summed E-state index contributed by atoms with van der Waals surface area (Å²) in [4.78, 5) is 25.5. The van der Waals surface area contributed by atoms with Gasteiger partial charge in [0.25, 0.3) is 11.9 Å². The minimum atomic E-state index is -2.82. The van der Waals surface area contributed by atoms with E-state index in [0.717, 1.165) is 50.6 Å². The third-order valence-corrected chi connectivity index (χ3v) is 11.6. The quantitative estimate of drug-likeness (QED) is 0.0638. The molecule has 0 radical (unpaired) electrons. The van der Waals surface area contributed by atoms with Gasteiger partial charge in [0.1, 0.15) is 0 Å². The maximum Gasteiger partial charge on any atom is 0.464 e. The zero-order chi connectivity index (χ0) is 28.9. The summed E-state index contributed by atoms with van der Waals surface area (Å²) in [6.45, 7) is 8.71. The van der Waals surface area contributed by atoms with E-state index in [1.54, 1.807) is 0 Å². The summed E-state index contributed by atoms with van der Waals surface area (Å²) in [6, 6.07) is 1.43. The van der Waals surface area contributed by atoms with Gasteiger partial charge in [0.2, 0.25) is 0 Å². The minimum Gasteiger partial charge on any atom is -0.485 e. The number of rotatable bonds is 30. The predicted octanol–water partition coefficient (Wildman–Crippen LogP) is 11.7. The Hall–Kier alpha value is -0.843. The third-order valence-electron chi connectivity index (χ3n) is 7.83. The van der Waals surface area contributed by atoms with Crippen LogP contribution in [0, 0.1) is 0 Å². The minimum absolute atomic E-state index is 0.151. The van der Waals surface area contributed by atoms with E-state index in [-0.39, 0.29) is 11.9 Å². The Balaban J connectivity index is 4.15. The van der Waals surface area contributed by atoms with Crippen LogP contribution in [0.1, 0.15) is 195 Å². The summed E-state index contributed by atoms with van der Waals surface area (Å²) in [6.07, 6.45) is 30.5. The lowest BCUT2D eigenvalue weighted by atomic mass is 10.1. The monoisotopic (exact) mass is 568 g/mol. The summed E-state index contributed by atoms with van der Waals surface area (Å²) in [5, 5.41) is 0. The molecule has 0 fully saturated rings. The summed E-state index contributed by atoms with van der Waals surface area (Å²) in [7, 11) is -2.82. The van der Waals surface area contributed by atoms with Gasteiger partial charge in [0.15, 0.2) is 0 Å². The van der Waals surface area contributed by atoms with E-state index in [9.17, 15) is 9.59 Å². The van der Waals surface area contributed by atoms with E-state index < -0.39 is 8.56 Å². The van der Waals surface area contributed by atoms with E-state index in [0.29, 0.717) is 12.8 Å². The van der Waals surface area contributed by atoms with Gasteiger partial charge in [-0.05, 0) is 12.8 Å². The van der Waals surface area contributed by atoms with Crippen LogP contribution < -0.4 is 0 Å². The van der Waals surface area contributed by atoms with Gasteiger partial charge in [-0.2, -0.15) is 0 Å². The van der Waals surface area contributed by atoms with Crippen molar-refractivity contribution in [2.75, 3.05) is 0 Å². The number of hydrogen-bond acceptors (Lipinski definition) is 4. The van der Waals surface area contributed by atoms with Gasteiger partial charge < -0.3 is 8.85 Å². The fraction of sp³-hybridized carbons (Fsp3) is 0.941. The highest BCUT2D eigenvalue weighted by Gasteiger charge is 2.43. The molecule has 0 aromatic heterocycles. The standard InChI is InChI=1S/C34H68O4Si/c1-5-9-11-13-15-17-19-21-23-25-27-29-33(35)37-39(31-7-3,32-8-4)38-34(36)30-28-26-24-22-20-18-16-14-12-10-6-2/h5-32H2,1-4H3. The number of hydrogen-bond donors (Lipinski definition) is 0. The van der Waals surface area contributed by atoms with Crippen LogP contribution in [0.3, 0.4) is 0 Å². The van der Waals surface area contributed by atoms with Crippen molar-refractivity contribution in [1.82, 2.24) is 0 Å². The topological polar surface area (TPSA) is 52.6 Å². The molecule has 0 rings (SSSR count). The maximum absolute atomic E-state index is 12.7. The molecule has 39 heavy (non-hydrogen) atoms. The molecule has 232 valence electrons. The fourth-order valence-electron chi connectivity index (χ4n) is 5.50. The van der Waals surface area contributed by atoms with Crippen molar-refractivity contribution < 1.29 is 18.4 Å². The Morgan fingerprint density at radius 3 is 0.897 bits per heavy atom. The molecule has 0 saturated heterocycles. The van der Waals surface area contributed by atoms with Crippen LogP contribution in [0.25, 0.3) is 0 Å². The predicted molar refractivity (Wildman–Crippen MR) is 170 cm³/mol. The first-order valence-electron chi connectivity index (χ1n) is 17.5. The van der Waals surface area contributed by atoms with Crippen LogP contribution in [0.15, 0.2) is 0 Å². The molecule has 0 aliphatic rings. The first-order chi connectivity index (χ1) is 19.0. The van der Waals surface area contributed by atoms with Gasteiger partial charge in [-0.15, -0.1) is 0 Å². The van der Waals surface area contributed by atoms with Gasteiger partial charge in [-0.3, -0.25) is 9.59 Å². The molecule has 0 aliphatic carbocycles. The molecular weight excluding hydrogens is 500 g/mol. The van der Waals surface area contributed by atoms with Crippen LogP contribution in [0.5, 0.6) is 0 Å². The van der Waals surface area contributed by atoms with Crippen molar-refractivity contribution >= 4 is 20.5 Å². The Morgan fingerprint density at radius 2 is 0.641 bits per heavy atom. The summed E-state index contributed by atoms with van der Waals surface area (Å²) in [5.74, 6) is -0.302. The molecule has 5 heteroatoms. The van der Waals surface area contributed by atoms with Gasteiger partial charge in [0.05, 0.1) is 0 Å². The first-order valence-corrected chi connectivity index (χ1v) is 19.7. The second-order valence-corrected chi connectivity index (χ2v) is 15.2. The Morgan fingerprint density at radius 1 is 0.385 bits per heavy atom. The Kier molecular flexibility index (Phi) is 28.1. The Bertz CT molecular complexity index is 503. The lowest BCUT2D eigenvalue weighted by Crippen LogP contribution is -2.45. The van der Waals surface area contributed by atoms with Crippen molar-refractivity contribution in [2.45, 2.75) is 207 Å². The van der Waals surface area contributed by atoms with Crippen LogP contribution in [-0.2, 0) is 18.4 Å². The molecule has 0 atom stereocenters. The SMILES string of the molecule is CCCCCCCCCCCCCC(=O)O[Si](CCC)(CCC)OC(=O)CCCCCCCCCCCCC. The summed E-state index contributed by atoms with van der Waals surface area (Å²) >= 11 is 0. The fourth-order valence-corrected chi connectivity index (χ4v) is 8.75. The van der Waals surface area contributed by atoms with E-state index in [4.69, 9.17) is 8.85 Å². The first kappa shape index (κ1) is 38.2. The molecule has 0 aromatic rings. The second-order valence-electron chi connectivity index (χ2n) is 11.9. The highest BCUT2D eigenvalue weighted by atomic mass is 28.4. The average molecular weight is 569 g/mol. The average Bonchev–Trinajstić information content (AvgIpc) is 2.90. The number of carbonyl (C=O) groups excluding carboxylic acids is 2.